The van der Waals surface area contributed by atoms with Gasteiger partial charge < -0.3 is 10.2 Å². The van der Waals surface area contributed by atoms with E-state index < -0.39 is 5.92 Å². The Morgan fingerprint density at radius 2 is 1.71 bits per heavy atom. The van der Waals surface area contributed by atoms with E-state index in [9.17, 15) is 8.78 Å². The van der Waals surface area contributed by atoms with Crippen molar-refractivity contribution in [3.63, 3.8) is 0 Å². The van der Waals surface area contributed by atoms with Crippen molar-refractivity contribution in [2.24, 2.45) is 0 Å². The molecule has 1 aliphatic heterocycles. The summed E-state index contributed by atoms with van der Waals surface area (Å²) in [5.74, 6) is -2.75. The van der Waals surface area contributed by atoms with E-state index in [1.807, 2.05) is 12.1 Å². The Hall–Kier alpha value is -1.70. The number of likely N-dealkylation sites (tertiary alicyclic amines) is 1. The third kappa shape index (κ3) is 4.66. The van der Waals surface area contributed by atoms with Crippen molar-refractivity contribution in [3.05, 3.63) is 28.7 Å². The molecule has 1 aromatic carbocycles. The molecule has 0 amide bonds. The van der Waals surface area contributed by atoms with Crippen LogP contribution in [0.15, 0.2) is 28.7 Å². The first kappa shape index (κ1) is 15.7. The highest BCUT2D eigenvalue weighted by Crippen LogP contribution is 2.27. The molecule has 0 spiro atoms. The van der Waals surface area contributed by atoms with Crippen LogP contribution in [0.4, 0.5) is 14.5 Å². The van der Waals surface area contributed by atoms with Gasteiger partial charge in [0.15, 0.2) is 11.9 Å². The van der Waals surface area contributed by atoms with Crippen molar-refractivity contribution in [3.8, 4) is 0 Å². The van der Waals surface area contributed by atoms with E-state index in [1.54, 1.807) is 12.1 Å². The zero-order valence-electron chi connectivity index (χ0n) is 11.2. The average Bonchev–Trinajstić information content (AvgIpc) is 2.41. The van der Waals surface area contributed by atoms with E-state index in [-0.39, 0.29) is 37.9 Å². The largest absolute Gasteiger partial charge is 0.342 e. The third-order valence-electron chi connectivity index (χ3n) is 3.17. The molecule has 1 aromatic rings. The number of rotatable bonds is 1. The van der Waals surface area contributed by atoms with Gasteiger partial charge in [-0.05, 0) is 24.3 Å². The molecule has 1 aliphatic rings. The number of anilines is 1. The highest BCUT2D eigenvalue weighted by atomic mass is 79.9. The van der Waals surface area contributed by atoms with Gasteiger partial charge in [0.25, 0.3) is 5.92 Å². The summed E-state index contributed by atoms with van der Waals surface area (Å²) in [6, 6.07) is 7.22. The molecule has 1 saturated heterocycles. The molecular weight excluding hydrogens is 344 g/mol. The first-order valence-corrected chi connectivity index (χ1v) is 7.24. The SMILES string of the molecule is N=C(NC(=N)N1CCC(F)(F)CC1)Nc1ccc(Br)cc1. The average molecular weight is 360 g/mol. The molecule has 4 N–H and O–H groups in total. The van der Waals surface area contributed by atoms with Crippen molar-refractivity contribution in [1.29, 1.82) is 10.8 Å². The van der Waals surface area contributed by atoms with E-state index in [2.05, 4.69) is 26.6 Å². The molecule has 0 aromatic heterocycles. The summed E-state index contributed by atoms with van der Waals surface area (Å²) in [4.78, 5) is 1.51. The number of hydrogen-bond acceptors (Lipinski definition) is 2. The van der Waals surface area contributed by atoms with Gasteiger partial charge in [0.05, 0.1) is 0 Å². The fourth-order valence-corrected chi connectivity index (χ4v) is 2.23. The molecular formula is C13H16BrF2N5. The molecule has 21 heavy (non-hydrogen) atoms. The Morgan fingerprint density at radius 3 is 2.29 bits per heavy atom. The predicted octanol–water partition coefficient (Wildman–Crippen LogP) is 3.05. The number of halogens is 3. The van der Waals surface area contributed by atoms with Gasteiger partial charge in [0.1, 0.15) is 0 Å². The molecule has 1 heterocycles. The fraction of sp³-hybridized carbons (Fsp3) is 0.385. The normalized spacial score (nSPS) is 17.2. The molecule has 0 atom stereocenters. The van der Waals surface area contributed by atoms with Gasteiger partial charge in [-0.2, -0.15) is 0 Å². The van der Waals surface area contributed by atoms with Crippen LogP contribution in [0.3, 0.4) is 0 Å². The minimum Gasteiger partial charge on any atom is -0.342 e. The Kier molecular flexibility index (Phi) is 4.76. The van der Waals surface area contributed by atoms with Gasteiger partial charge in [-0.25, -0.2) is 8.78 Å². The molecule has 2 rings (SSSR count). The first-order chi connectivity index (χ1) is 9.85. The Labute approximate surface area is 129 Å². The molecule has 8 heteroatoms. The van der Waals surface area contributed by atoms with Crippen molar-refractivity contribution in [2.75, 3.05) is 18.4 Å². The minimum atomic E-state index is -2.64. The lowest BCUT2D eigenvalue weighted by molar-refractivity contribution is -0.0438. The topological polar surface area (TPSA) is 75.0 Å². The van der Waals surface area contributed by atoms with Crippen LogP contribution in [0.25, 0.3) is 0 Å². The molecule has 5 nitrogen and oxygen atoms in total. The second-order valence-corrected chi connectivity index (χ2v) is 5.74. The number of hydrogen-bond donors (Lipinski definition) is 4. The van der Waals surface area contributed by atoms with Crippen LogP contribution in [-0.4, -0.2) is 35.8 Å². The van der Waals surface area contributed by atoms with E-state index in [0.29, 0.717) is 5.69 Å². The predicted molar refractivity (Wildman–Crippen MR) is 82.1 cm³/mol. The van der Waals surface area contributed by atoms with Gasteiger partial charge >= 0.3 is 0 Å². The lowest BCUT2D eigenvalue weighted by Crippen LogP contribution is -2.50. The summed E-state index contributed by atoms with van der Waals surface area (Å²) in [6.45, 7) is 0.231. The second kappa shape index (κ2) is 6.38. The summed E-state index contributed by atoms with van der Waals surface area (Å²) in [6.07, 6.45) is -0.519. The van der Waals surface area contributed by atoms with E-state index in [4.69, 9.17) is 10.8 Å². The Balaban J connectivity index is 1.82. The molecule has 0 bridgehead atoms. The number of piperidine rings is 1. The van der Waals surface area contributed by atoms with Crippen LogP contribution >= 0.6 is 15.9 Å². The van der Waals surface area contributed by atoms with E-state index in [0.717, 1.165) is 4.47 Å². The van der Waals surface area contributed by atoms with Gasteiger partial charge in [0.2, 0.25) is 0 Å². The number of alkyl halides is 2. The van der Waals surface area contributed by atoms with Crippen LogP contribution in [0.1, 0.15) is 12.8 Å². The lowest BCUT2D eigenvalue weighted by Gasteiger charge is -2.33. The summed E-state index contributed by atoms with van der Waals surface area (Å²) in [7, 11) is 0. The van der Waals surface area contributed by atoms with Crippen LogP contribution in [0.2, 0.25) is 0 Å². The Morgan fingerprint density at radius 1 is 1.14 bits per heavy atom. The maximum absolute atomic E-state index is 13.0. The smallest absolute Gasteiger partial charge is 0.251 e. The molecule has 0 saturated carbocycles. The van der Waals surface area contributed by atoms with Crippen LogP contribution in [0, 0.1) is 10.8 Å². The number of nitrogens with one attached hydrogen (secondary N) is 4. The van der Waals surface area contributed by atoms with Gasteiger partial charge in [-0.1, -0.05) is 15.9 Å². The number of guanidine groups is 2. The summed E-state index contributed by atoms with van der Waals surface area (Å²) in [5.41, 5.74) is 0.702. The highest BCUT2D eigenvalue weighted by Gasteiger charge is 2.34. The van der Waals surface area contributed by atoms with Gasteiger partial charge in [-0.15, -0.1) is 0 Å². The first-order valence-electron chi connectivity index (χ1n) is 6.45. The second-order valence-electron chi connectivity index (χ2n) is 4.82. The van der Waals surface area contributed by atoms with Crippen molar-refractivity contribution < 1.29 is 8.78 Å². The van der Waals surface area contributed by atoms with Crippen molar-refractivity contribution in [2.45, 2.75) is 18.8 Å². The van der Waals surface area contributed by atoms with E-state index >= 15 is 0 Å². The third-order valence-corrected chi connectivity index (χ3v) is 3.70. The number of nitrogens with zero attached hydrogens (tertiary/aromatic N) is 1. The molecule has 114 valence electrons. The lowest BCUT2D eigenvalue weighted by atomic mass is 10.1. The molecule has 0 unspecified atom stereocenters. The zero-order valence-corrected chi connectivity index (χ0v) is 12.8. The quantitative estimate of drug-likeness (QED) is 0.459. The number of benzene rings is 1. The summed E-state index contributed by atoms with van der Waals surface area (Å²) >= 11 is 3.31. The van der Waals surface area contributed by atoms with E-state index in [1.165, 1.54) is 4.90 Å². The summed E-state index contributed by atoms with van der Waals surface area (Å²) in [5, 5.41) is 20.9. The monoisotopic (exact) mass is 359 g/mol. The van der Waals surface area contributed by atoms with Crippen LogP contribution in [0.5, 0.6) is 0 Å². The maximum Gasteiger partial charge on any atom is 0.251 e. The van der Waals surface area contributed by atoms with Crippen molar-refractivity contribution >= 4 is 33.5 Å². The molecule has 0 radical (unpaired) electrons. The van der Waals surface area contributed by atoms with Crippen LogP contribution < -0.4 is 10.6 Å². The van der Waals surface area contributed by atoms with Gasteiger partial charge in [0, 0.05) is 36.1 Å². The molecule has 1 fully saturated rings. The van der Waals surface area contributed by atoms with Crippen LogP contribution in [-0.2, 0) is 0 Å². The zero-order chi connectivity index (χ0) is 15.5. The van der Waals surface area contributed by atoms with Gasteiger partial charge in [-0.3, -0.25) is 16.1 Å². The maximum atomic E-state index is 13.0. The standard InChI is InChI=1S/C13H16BrF2N5/c14-9-1-3-10(4-2-9)19-11(17)20-12(18)21-7-5-13(15,16)6-8-21/h1-4H,5-8H2,(H4,17,18,19,20). The highest BCUT2D eigenvalue weighted by molar-refractivity contribution is 9.10. The summed E-state index contributed by atoms with van der Waals surface area (Å²) < 4.78 is 27.0. The van der Waals surface area contributed by atoms with Crippen molar-refractivity contribution in [1.82, 2.24) is 10.2 Å². The fourth-order valence-electron chi connectivity index (χ4n) is 1.96. The minimum absolute atomic E-state index is 0.0416. The molecule has 0 aliphatic carbocycles. The Bertz CT molecular complexity index is 522.